The van der Waals surface area contributed by atoms with E-state index in [1.165, 1.54) is 12.8 Å². The van der Waals surface area contributed by atoms with Crippen molar-refractivity contribution >= 4 is 11.8 Å². The number of likely N-dealkylation sites (N-methyl/N-ethyl adjacent to an activating group) is 1. The molecule has 110 valence electrons. The average Bonchev–Trinajstić information content (AvgIpc) is 2.44. The summed E-state index contributed by atoms with van der Waals surface area (Å²) in [5.41, 5.74) is 0. The van der Waals surface area contributed by atoms with E-state index in [0.717, 1.165) is 19.5 Å². The number of hydrogen-bond acceptors (Lipinski definition) is 3. The van der Waals surface area contributed by atoms with E-state index in [2.05, 4.69) is 10.6 Å². The van der Waals surface area contributed by atoms with Gasteiger partial charge in [-0.25, -0.2) is 0 Å². The topological polar surface area (TPSA) is 61.4 Å². The molecule has 1 heterocycles. The summed E-state index contributed by atoms with van der Waals surface area (Å²) in [5, 5.41) is 6.13. The van der Waals surface area contributed by atoms with Crippen LogP contribution in [0.15, 0.2) is 0 Å². The molecule has 0 spiro atoms. The van der Waals surface area contributed by atoms with Crippen LogP contribution >= 0.6 is 0 Å². The van der Waals surface area contributed by atoms with E-state index in [4.69, 9.17) is 0 Å². The number of piperidine rings is 1. The number of carbonyl (C=O) groups excluding carboxylic acids is 2. The Kier molecular flexibility index (Phi) is 6.84. The van der Waals surface area contributed by atoms with E-state index in [-0.39, 0.29) is 11.8 Å². The fourth-order valence-corrected chi connectivity index (χ4v) is 2.37. The lowest BCUT2D eigenvalue weighted by molar-refractivity contribution is -0.134. The second kappa shape index (κ2) is 8.15. The number of amides is 2. The van der Waals surface area contributed by atoms with E-state index >= 15 is 0 Å². The Hall–Kier alpha value is -1.10. The molecule has 5 nitrogen and oxygen atoms in total. The molecule has 2 N–H and O–H groups in total. The standard InChI is InChI=1S/C14H27N3O2/c1-4-17(3)14(19)11(2)16-13(18)8-7-12-6-5-9-15-10-12/h11-12,15H,4-10H2,1-3H3,(H,16,18). The third-order valence-electron chi connectivity index (χ3n) is 3.78. The fourth-order valence-electron chi connectivity index (χ4n) is 2.37. The van der Waals surface area contributed by atoms with Crippen molar-refractivity contribution in [2.45, 2.75) is 45.6 Å². The molecular weight excluding hydrogens is 242 g/mol. The third-order valence-corrected chi connectivity index (χ3v) is 3.78. The number of nitrogens with one attached hydrogen (secondary N) is 2. The van der Waals surface area contributed by atoms with Crippen LogP contribution in [0.5, 0.6) is 0 Å². The molecule has 0 aromatic rings. The minimum Gasteiger partial charge on any atom is -0.345 e. The van der Waals surface area contributed by atoms with Gasteiger partial charge in [-0.1, -0.05) is 0 Å². The summed E-state index contributed by atoms with van der Waals surface area (Å²) in [6.07, 6.45) is 3.82. The number of rotatable bonds is 6. The molecule has 0 radical (unpaired) electrons. The van der Waals surface area contributed by atoms with Gasteiger partial charge in [-0.15, -0.1) is 0 Å². The van der Waals surface area contributed by atoms with E-state index in [1.54, 1.807) is 18.9 Å². The zero-order valence-electron chi connectivity index (χ0n) is 12.4. The second-order valence-electron chi connectivity index (χ2n) is 5.39. The Bertz CT molecular complexity index is 301. The smallest absolute Gasteiger partial charge is 0.244 e. The molecule has 2 atom stereocenters. The Morgan fingerprint density at radius 3 is 2.79 bits per heavy atom. The van der Waals surface area contributed by atoms with Crippen LogP contribution in [0.25, 0.3) is 0 Å². The minimum atomic E-state index is -0.429. The molecule has 5 heteroatoms. The summed E-state index contributed by atoms with van der Waals surface area (Å²) in [4.78, 5) is 25.2. The van der Waals surface area contributed by atoms with Gasteiger partial charge >= 0.3 is 0 Å². The molecule has 0 aliphatic carbocycles. The van der Waals surface area contributed by atoms with Crippen molar-refractivity contribution in [1.82, 2.24) is 15.5 Å². The van der Waals surface area contributed by atoms with Gasteiger partial charge in [-0.2, -0.15) is 0 Å². The number of nitrogens with zero attached hydrogens (tertiary/aromatic N) is 1. The highest BCUT2D eigenvalue weighted by molar-refractivity contribution is 5.87. The highest BCUT2D eigenvalue weighted by Gasteiger charge is 2.19. The van der Waals surface area contributed by atoms with Gasteiger partial charge in [-0.05, 0) is 52.1 Å². The number of hydrogen-bond donors (Lipinski definition) is 2. The van der Waals surface area contributed by atoms with Gasteiger partial charge in [0.05, 0.1) is 0 Å². The molecule has 1 aliphatic heterocycles. The van der Waals surface area contributed by atoms with Crippen LogP contribution in [-0.4, -0.2) is 49.4 Å². The maximum absolute atomic E-state index is 11.8. The first-order chi connectivity index (χ1) is 9.04. The molecule has 1 aliphatic rings. The molecule has 2 amide bonds. The first kappa shape index (κ1) is 16.0. The molecule has 1 fully saturated rings. The van der Waals surface area contributed by atoms with Gasteiger partial charge in [-0.3, -0.25) is 9.59 Å². The van der Waals surface area contributed by atoms with Crippen molar-refractivity contribution in [2.24, 2.45) is 5.92 Å². The van der Waals surface area contributed by atoms with Crippen LogP contribution in [0.1, 0.15) is 39.5 Å². The molecule has 0 bridgehead atoms. The fraction of sp³-hybridized carbons (Fsp3) is 0.857. The van der Waals surface area contributed by atoms with Gasteiger partial charge in [0.15, 0.2) is 0 Å². The summed E-state index contributed by atoms with van der Waals surface area (Å²) in [6.45, 7) is 6.43. The maximum Gasteiger partial charge on any atom is 0.244 e. The van der Waals surface area contributed by atoms with Crippen LogP contribution < -0.4 is 10.6 Å². The van der Waals surface area contributed by atoms with Crippen LogP contribution in [0.4, 0.5) is 0 Å². The highest BCUT2D eigenvalue weighted by Crippen LogP contribution is 2.15. The lowest BCUT2D eigenvalue weighted by Crippen LogP contribution is -2.45. The largest absolute Gasteiger partial charge is 0.345 e. The molecule has 2 unspecified atom stereocenters. The van der Waals surface area contributed by atoms with E-state index in [0.29, 0.717) is 18.9 Å². The molecule has 1 saturated heterocycles. The first-order valence-electron chi connectivity index (χ1n) is 7.29. The lowest BCUT2D eigenvalue weighted by Gasteiger charge is -2.23. The van der Waals surface area contributed by atoms with Gasteiger partial charge in [0, 0.05) is 20.0 Å². The van der Waals surface area contributed by atoms with Crippen molar-refractivity contribution in [1.29, 1.82) is 0 Å². The average molecular weight is 269 g/mol. The lowest BCUT2D eigenvalue weighted by atomic mass is 9.94. The number of carbonyl (C=O) groups is 2. The van der Waals surface area contributed by atoms with E-state index < -0.39 is 6.04 Å². The Labute approximate surface area is 116 Å². The minimum absolute atomic E-state index is 0.0177. The van der Waals surface area contributed by atoms with Crippen molar-refractivity contribution in [3.8, 4) is 0 Å². The second-order valence-corrected chi connectivity index (χ2v) is 5.39. The van der Waals surface area contributed by atoms with Crippen LogP contribution in [0.2, 0.25) is 0 Å². The Morgan fingerprint density at radius 1 is 1.47 bits per heavy atom. The summed E-state index contributed by atoms with van der Waals surface area (Å²) >= 11 is 0. The zero-order chi connectivity index (χ0) is 14.3. The van der Waals surface area contributed by atoms with Gasteiger partial charge in [0.2, 0.25) is 11.8 Å². The molecule has 0 saturated carbocycles. The Balaban J connectivity index is 2.24. The first-order valence-corrected chi connectivity index (χ1v) is 7.29. The molecule has 1 rings (SSSR count). The predicted octanol–water partition coefficient (Wildman–Crippen LogP) is 0.749. The van der Waals surface area contributed by atoms with Crippen molar-refractivity contribution in [3.63, 3.8) is 0 Å². The van der Waals surface area contributed by atoms with Gasteiger partial charge < -0.3 is 15.5 Å². The maximum atomic E-state index is 11.8. The Morgan fingerprint density at radius 2 is 2.21 bits per heavy atom. The quantitative estimate of drug-likeness (QED) is 0.748. The summed E-state index contributed by atoms with van der Waals surface area (Å²) in [5.74, 6) is 0.551. The summed E-state index contributed by atoms with van der Waals surface area (Å²) < 4.78 is 0. The predicted molar refractivity (Wildman–Crippen MR) is 75.7 cm³/mol. The van der Waals surface area contributed by atoms with Crippen molar-refractivity contribution in [2.75, 3.05) is 26.7 Å². The molecular formula is C14H27N3O2. The van der Waals surface area contributed by atoms with Crippen LogP contribution in [0, 0.1) is 5.92 Å². The molecule has 0 aromatic carbocycles. The van der Waals surface area contributed by atoms with Crippen molar-refractivity contribution < 1.29 is 9.59 Å². The monoisotopic (exact) mass is 269 g/mol. The van der Waals surface area contributed by atoms with Crippen LogP contribution in [0.3, 0.4) is 0 Å². The normalized spacial score (nSPS) is 20.7. The van der Waals surface area contributed by atoms with E-state index in [9.17, 15) is 9.59 Å². The molecule has 19 heavy (non-hydrogen) atoms. The summed E-state index contributed by atoms with van der Waals surface area (Å²) in [7, 11) is 1.75. The zero-order valence-corrected chi connectivity index (χ0v) is 12.4. The van der Waals surface area contributed by atoms with Gasteiger partial charge in [0.1, 0.15) is 6.04 Å². The SMILES string of the molecule is CCN(C)C(=O)C(C)NC(=O)CCC1CCCNC1. The van der Waals surface area contributed by atoms with Crippen molar-refractivity contribution in [3.05, 3.63) is 0 Å². The third kappa shape index (κ3) is 5.59. The summed E-state index contributed by atoms with van der Waals surface area (Å²) in [6, 6.07) is -0.429. The molecule has 0 aromatic heterocycles. The van der Waals surface area contributed by atoms with Gasteiger partial charge in [0.25, 0.3) is 0 Å². The van der Waals surface area contributed by atoms with Crippen LogP contribution in [-0.2, 0) is 9.59 Å². The highest BCUT2D eigenvalue weighted by atomic mass is 16.2. The van der Waals surface area contributed by atoms with E-state index in [1.807, 2.05) is 6.92 Å².